The fourth-order valence-corrected chi connectivity index (χ4v) is 4.53. The van der Waals surface area contributed by atoms with Crippen LogP contribution < -0.4 is 0 Å². The summed E-state index contributed by atoms with van der Waals surface area (Å²) < 4.78 is 5.60. The second kappa shape index (κ2) is 5.50. The third kappa shape index (κ3) is 2.73. The van der Waals surface area contributed by atoms with E-state index in [9.17, 15) is 9.59 Å². The molecule has 2 fully saturated rings. The first-order valence-corrected chi connectivity index (χ1v) is 8.68. The minimum Gasteiger partial charge on any atom is -0.444 e. The first kappa shape index (κ1) is 16.3. The van der Waals surface area contributed by atoms with Gasteiger partial charge in [-0.15, -0.1) is 0 Å². The average Bonchev–Trinajstić information content (AvgIpc) is 2.46. The number of carbonyl (C=O) groups excluding carboxylic acids is 2. The third-order valence-corrected chi connectivity index (χ3v) is 5.40. The van der Waals surface area contributed by atoms with Crippen LogP contribution in [0.4, 0.5) is 4.79 Å². The summed E-state index contributed by atoms with van der Waals surface area (Å²) >= 11 is 0. The summed E-state index contributed by atoms with van der Waals surface area (Å²) in [6, 6.07) is -0.223. The summed E-state index contributed by atoms with van der Waals surface area (Å²) in [5.41, 5.74) is 1.17. The lowest BCUT2D eigenvalue weighted by Crippen LogP contribution is -2.59. The van der Waals surface area contributed by atoms with Crippen molar-refractivity contribution in [1.82, 2.24) is 4.90 Å². The number of likely N-dealkylation sites (tertiary alicyclic amines) is 1. The molecule has 2 atom stereocenters. The molecule has 1 saturated carbocycles. The largest absolute Gasteiger partial charge is 0.444 e. The van der Waals surface area contributed by atoms with Gasteiger partial charge in [-0.3, -0.25) is 4.79 Å². The second-order valence-corrected chi connectivity index (χ2v) is 8.10. The van der Waals surface area contributed by atoms with Gasteiger partial charge in [0, 0.05) is 17.5 Å². The van der Waals surface area contributed by atoms with E-state index in [2.05, 4.69) is 6.58 Å². The van der Waals surface area contributed by atoms with Gasteiger partial charge in [0.25, 0.3) is 0 Å². The van der Waals surface area contributed by atoms with Crippen LogP contribution in [0.3, 0.4) is 0 Å². The van der Waals surface area contributed by atoms with Gasteiger partial charge >= 0.3 is 6.09 Å². The predicted octanol–water partition coefficient (Wildman–Crippen LogP) is 4.01. The van der Waals surface area contributed by atoms with Crippen LogP contribution in [0, 0.1) is 5.41 Å². The Morgan fingerprint density at radius 3 is 2.70 bits per heavy atom. The van der Waals surface area contributed by atoms with Crippen molar-refractivity contribution in [2.75, 3.05) is 6.54 Å². The SMILES string of the molecule is C=C1C(=O)C=C2CCCC[C@@]23CCCN(C(=O)OC(C)(C)C)[C@@H]13. The number of allylic oxidation sites excluding steroid dienone is 1. The molecule has 4 nitrogen and oxygen atoms in total. The molecule has 0 N–H and O–H groups in total. The third-order valence-electron chi connectivity index (χ3n) is 5.40. The van der Waals surface area contributed by atoms with Crippen LogP contribution in [-0.2, 0) is 9.53 Å². The van der Waals surface area contributed by atoms with Gasteiger partial charge in [-0.25, -0.2) is 4.79 Å². The quantitative estimate of drug-likeness (QED) is 0.634. The fourth-order valence-electron chi connectivity index (χ4n) is 4.53. The molecule has 1 amide bonds. The topological polar surface area (TPSA) is 46.6 Å². The molecule has 1 saturated heterocycles. The summed E-state index contributed by atoms with van der Waals surface area (Å²) in [7, 11) is 0. The van der Waals surface area contributed by atoms with E-state index in [1.807, 2.05) is 20.8 Å². The lowest BCUT2D eigenvalue weighted by molar-refractivity contribution is -0.114. The van der Waals surface area contributed by atoms with Gasteiger partial charge in [0.15, 0.2) is 5.78 Å². The van der Waals surface area contributed by atoms with Crippen molar-refractivity contribution in [3.8, 4) is 0 Å². The van der Waals surface area contributed by atoms with Crippen LogP contribution in [-0.4, -0.2) is 35.0 Å². The molecule has 2 aliphatic carbocycles. The Balaban J connectivity index is 1.98. The van der Waals surface area contributed by atoms with Crippen LogP contribution in [0.2, 0.25) is 0 Å². The Hall–Kier alpha value is -1.58. The second-order valence-electron chi connectivity index (χ2n) is 8.10. The summed E-state index contributed by atoms with van der Waals surface area (Å²) in [4.78, 5) is 26.9. The van der Waals surface area contributed by atoms with E-state index >= 15 is 0 Å². The highest BCUT2D eigenvalue weighted by Gasteiger charge is 2.54. The molecule has 1 spiro atoms. The molecule has 0 aromatic heterocycles. The van der Waals surface area contributed by atoms with E-state index in [1.165, 1.54) is 5.57 Å². The summed E-state index contributed by atoms with van der Waals surface area (Å²) in [6.07, 6.45) is 7.76. The molecule has 0 aromatic carbocycles. The van der Waals surface area contributed by atoms with Gasteiger partial charge < -0.3 is 9.64 Å². The van der Waals surface area contributed by atoms with Crippen LogP contribution in [0.25, 0.3) is 0 Å². The Kier molecular flexibility index (Phi) is 3.89. The number of ether oxygens (including phenoxy) is 1. The number of amides is 1. The molecule has 0 bridgehead atoms. The molecule has 1 heterocycles. The number of nitrogens with zero attached hydrogens (tertiary/aromatic N) is 1. The van der Waals surface area contributed by atoms with E-state index < -0.39 is 5.60 Å². The summed E-state index contributed by atoms with van der Waals surface area (Å²) in [6.45, 7) is 10.3. The Bertz CT molecular complexity index is 580. The minimum absolute atomic E-state index is 0.0158. The lowest BCUT2D eigenvalue weighted by atomic mass is 9.57. The molecular weight excluding hydrogens is 290 g/mol. The molecule has 0 aromatic rings. The highest BCUT2D eigenvalue weighted by Crippen LogP contribution is 2.54. The number of hydrogen-bond donors (Lipinski definition) is 0. The van der Waals surface area contributed by atoms with Crippen LogP contribution in [0.15, 0.2) is 23.8 Å². The number of piperidine rings is 1. The van der Waals surface area contributed by atoms with Crippen molar-refractivity contribution >= 4 is 11.9 Å². The van der Waals surface area contributed by atoms with Crippen molar-refractivity contribution in [2.45, 2.75) is 70.9 Å². The lowest BCUT2D eigenvalue weighted by Gasteiger charge is -2.55. The van der Waals surface area contributed by atoms with Crippen molar-refractivity contribution in [3.05, 3.63) is 23.8 Å². The highest BCUT2D eigenvalue weighted by molar-refractivity contribution is 6.07. The van der Waals surface area contributed by atoms with Gasteiger partial charge in [0.05, 0.1) is 6.04 Å². The smallest absolute Gasteiger partial charge is 0.410 e. The number of hydrogen-bond acceptors (Lipinski definition) is 3. The van der Waals surface area contributed by atoms with E-state index in [-0.39, 0.29) is 23.3 Å². The summed E-state index contributed by atoms with van der Waals surface area (Å²) in [5.74, 6) is -0.0158. The maximum absolute atomic E-state index is 12.7. The first-order chi connectivity index (χ1) is 10.7. The Labute approximate surface area is 138 Å². The van der Waals surface area contributed by atoms with Gasteiger partial charge in [-0.05, 0) is 59.0 Å². The number of carbonyl (C=O) groups is 2. The van der Waals surface area contributed by atoms with Gasteiger partial charge in [0.1, 0.15) is 5.60 Å². The molecule has 0 radical (unpaired) electrons. The van der Waals surface area contributed by atoms with Crippen LogP contribution >= 0.6 is 0 Å². The summed E-state index contributed by atoms with van der Waals surface area (Å²) in [5, 5.41) is 0. The van der Waals surface area contributed by atoms with E-state index in [0.29, 0.717) is 12.1 Å². The van der Waals surface area contributed by atoms with Crippen molar-refractivity contribution in [2.24, 2.45) is 5.41 Å². The molecule has 3 aliphatic rings. The molecule has 126 valence electrons. The maximum Gasteiger partial charge on any atom is 0.410 e. The average molecular weight is 317 g/mol. The van der Waals surface area contributed by atoms with E-state index in [4.69, 9.17) is 4.74 Å². The highest BCUT2D eigenvalue weighted by atomic mass is 16.6. The van der Waals surface area contributed by atoms with Gasteiger partial charge in [-0.1, -0.05) is 18.6 Å². The zero-order valence-electron chi connectivity index (χ0n) is 14.5. The van der Waals surface area contributed by atoms with Crippen LogP contribution in [0.1, 0.15) is 59.3 Å². The van der Waals surface area contributed by atoms with Crippen molar-refractivity contribution < 1.29 is 14.3 Å². The number of rotatable bonds is 0. The standard InChI is InChI=1S/C19H27NO3/c1-13-15(21)12-14-8-5-6-9-19(14)10-7-11-20(16(13)19)17(22)23-18(2,3)4/h12,16H,1,5-11H2,2-4H3/t16-,19+/m0/s1. The molecule has 1 aliphatic heterocycles. The molecular formula is C19H27NO3. The number of ketones is 1. The maximum atomic E-state index is 12.7. The van der Waals surface area contributed by atoms with Gasteiger partial charge in [-0.2, -0.15) is 0 Å². The molecule has 4 heteroatoms. The molecule has 23 heavy (non-hydrogen) atoms. The monoisotopic (exact) mass is 317 g/mol. The van der Waals surface area contributed by atoms with Crippen molar-refractivity contribution in [1.29, 1.82) is 0 Å². The first-order valence-electron chi connectivity index (χ1n) is 8.68. The normalized spacial score (nSPS) is 31.2. The van der Waals surface area contributed by atoms with Crippen molar-refractivity contribution in [3.63, 3.8) is 0 Å². The minimum atomic E-state index is -0.535. The van der Waals surface area contributed by atoms with Gasteiger partial charge in [0.2, 0.25) is 0 Å². The Morgan fingerprint density at radius 1 is 1.30 bits per heavy atom. The van der Waals surface area contributed by atoms with E-state index in [1.54, 1.807) is 11.0 Å². The van der Waals surface area contributed by atoms with E-state index in [0.717, 1.165) is 38.5 Å². The fraction of sp³-hybridized carbons (Fsp3) is 0.684. The zero-order chi connectivity index (χ0) is 16.8. The molecule has 0 unspecified atom stereocenters. The zero-order valence-corrected chi connectivity index (χ0v) is 14.5. The predicted molar refractivity (Wildman–Crippen MR) is 89.1 cm³/mol. The molecule has 3 rings (SSSR count). The van der Waals surface area contributed by atoms with Crippen LogP contribution in [0.5, 0.6) is 0 Å². The Morgan fingerprint density at radius 2 is 2.00 bits per heavy atom.